The van der Waals surface area contributed by atoms with Crippen LogP contribution in [-0.4, -0.2) is 43.3 Å². The van der Waals surface area contributed by atoms with Gasteiger partial charge in [0, 0.05) is 26.1 Å². The number of fused-ring (bicyclic) bond motifs is 1. The van der Waals surface area contributed by atoms with Crippen molar-refractivity contribution >= 4 is 11.8 Å². The van der Waals surface area contributed by atoms with Gasteiger partial charge in [0.05, 0.1) is 12.2 Å². The molecule has 20 heavy (non-hydrogen) atoms. The Morgan fingerprint density at radius 1 is 1.25 bits per heavy atom. The van der Waals surface area contributed by atoms with Crippen LogP contribution in [0.5, 0.6) is 0 Å². The topological polar surface area (TPSA) is 124 Å². The van der Waals surface area contributed by atoms with E-state index in [0.29, 0.717) is 12.8 Å². The molecule has 2 amide bonds. The fourth-order valence-corrected chi connectivity index (χ4v) is 2.90. The van der Waals surface area contributed by atoms with Crippen LogP contribution < -0.4 is 5.73 Å². The van der Waals surface area contributed by atoms with Gasteiger partial charge >= 0.3 is 6.03 Å². The molecule has 2 aliphatic carbocycles. The molecule has 0 saturated heterocycles. The minimum Gasteiger partial charge on any atom is -0.510 e. The van der Waals surface area contributed by atoms with Crippen molar-refractivity contribution in [3.63, 3.8) is 0 Å². The molecule has 0 radical (unpaired) electrons. The zero-order valence-electron chi connectivity index (χ0n) is 11.3. The molecule has 0 aliphatic heterocycles. The molecule has 0 aromatic carbocycles. The third-order valence-electron chi connectivity index (χ3n) is 3.89. The van der Waals surface area contributed by atoms with Gasteiger partial charge in [-0.05, 0) is 12.8 Å². The first-order valence-corrected chi connectivity index (χ1v) is 6.23. The molecule has 8 nitrogen and oxygen atoms in total. The minimum absolute atomic E-state index is 0.151. The highest BCUT2D eigenvalue weighted by Gasteiger charge is 2.49. The van der Waals surface area contributed by atoms with E-state index in [1.807, 2.05) is 0 Å². The second-order valence-electron chi connectivity index (χ2n) is 4.87. The van der Waals surface area contributed by atoms with Gasteiger partial charge in [-0.25, -0.2) is 4.79 Å². The van der Waals surface area contributed by atoms with Crippen molar-refractivity contribution in [1.82, 2.24) is 0 Å². The highest BCUT2D eigenvalue weighted by molar-refractivity contribution is 6.00. The first kappa shape index (κ1) is 14.6. The largest absolute Gasteiger partial charge is 0.510 e. The van der Waals surface area contributed by atoms with Crippen LogP contribution in [0.4, 0.5) is 4.79 Å². The Hall–Kier alpha value is -1.80. The van der Waals surface area contributed by atoms with Gasteiger partial charge in [0.25, 0.3) is 0 Å². The molecule has 3 N–H and O–H groups in total. The summed E-state index contributed by atoms with van der Waals surface area (Å²) in [6.07, 6.45) is 0.458. The quantitative estimate of drug-likeness (QED) is 0.745. The molecule has 0 heterocycles. The number of amides is 2. The molecule has 2 aliphatic rings. The summed E-state index contributed by atoms with van der Waals surface area (Å²) in [5.74, 6) is -1.29. The van der Waals surface area contributed by atoms with Crippen molar-refractivity contribution in [3.8, 4) is 0 Å². The lowest BCUT2D eigenvalue weighted by molar-refractivity contribution is -0.127. The van der Waals surface area contributed by atoms with Gasteiger partial charge in [-0.3, -0.25) is 4.79 Å². The number of nitrogens with two attached hydrogens (primary N) is 1. The van der Waals surface area contributed by atoms with Crippen molar-refractivity contribution in [2.24, 2.45) is 27.8 Å². The molecular weight excluding hydrogens is 266 g/mol. The van der Waals surface area contributed by atoms with Crippen LogP contribution in [0.2, 0.25) is 0 Å². The fourth-order valence-electron chi connectivity index (χ4n) is 2.90. The van der Waals surface area contributed by atoms with Crippen LogP contribution in [0, 0.1) is 11.8 Å². The van der Waals surface area contributed by atoms with Gasteiger partial charge in [-0.1, -0.05) is 5.11 Å². The molecule has 0 bridgehead atoms. The number of urea groups is 1. The predicted octanol–water partition coefficient (Wildman–Crippen LogP) is 0.926. The third-order valence-corrected chi connectivity index (χ3v) is 3.89. The molecule has 0 aromatic heterocycles. The second kappa shape index (κ2) is 5.68. The van der Waals surface area contributed by atoms with E-state index in [9.17, 15) is 14.7 Å². The summed E-state index contributed by atoms with van der Waals surface area (Å²) in [5, 5.41) is 16.7. The SMILES string of the molecule is COC1CC2C(=O)C(N=NC(N)=O)=C(O)C2CC1OC. The minimum atomic E-state index is -1.02. The fraction of sp³-hybridized carbons (Fsp3) is 0.667. The molecule has 110 valence electrons. The number of aliphatic hydroxyl groups is 1. The molecule has 8 heteroatoms. The molecule has 2 rings (SSSR count). The van der Waals surface area contributed by atoms with E-state index in [1.165, 1.54) is 0 Å². The Bertz CT molecular complexity index is 487. The van der Waals surface area contributed by atoms with Gasteiger partial charge in [0.15, 0.2) is 11.5 Å². The first-order valence-electron chi connectivity index (χ1n) is 6.23. The monoisotopic (exact) mass is 283 g/mol. The van der Waals surface area contributed by atoms with Crippen LogP contribution in [0.25, 0.3) is 0 Å². The number of hydrogen-bond acceptors (Lipinski definition) is 6. The van der Waals surface area contributed by atoms with Gasteiger partial charge in [0.2, 0.25) is 0 Å². The van der Waals surface area contributed by atoms with E-state index in [1.54, 1.807) is 14.2 Å². The van der Waals surface area contributed by atoms with Gasteiger partial charge in [-0.15, -0.1) is 5.11 Å². The van der Waals surface area contributed by atoms with E-state index in [2.05, 4.69) is 10.2 Å². The number of Topliss-reactive ketones (excluding diaryl/α,β-unsaturated/α-hetero) is 1. The number of ketones is 1. The number of hydrogen-bond donors (Lipinski definition) is 2. The van der Waals surface area contributed by atoms with E-state index >= 15 is 0 Å². The maximum atomic E-state index is 12.2. The van der Waals surface area contributed by atoms with Crippen LogP contribution in [0.15, 0.2) is 21.7 Å². The van der Waals surface area contributed by atoms with Crippen LogP contribution in [0.1, 0.15) is 12.8 Å². The van der Waals surface area contributed by atoms with E-state index < -0.39 is 11.9 Å². The molecule has 1 saturated carbocycles. The van der Waals surface area contributed by atoms with Crippen LogP contribution >= 0.6 is 0 Å². The standard InChI is InChI=1S/C12H17N3O5/c1-19-7-3-5-6(4-8(7)20-2)11(17)9(10(5)16)14-15-12(13)18/h5-8,16H,3-4H2,1-2H3,(H2,13,18). The Labute approximate surface area is 115 Å². The number of azo groups is 1. The molecule has 0 aromatic rings. The number of aliphatic hydroxyl groups excluding tert-OH is 1. The number of rotatable bonds is 3. The zero-order valence-corrected chi connectivity index (χ0v) is 11.3. The van der Waals surface area contributed by atoms with E-state index in [4.69, 9.17) is 15.2 Å². The van der Waals surface area contributed by atoms with Crippen LogP contribution in [0.3, 0.4) is 0 Å². The lowest BCUT2D eigenvalue weighted by Gasteiger charge is -2.36. The smallest absolute Gasteiger partial charge is 0.356 e. The second-order valence-corrected chi connectivity index (χ2v) is 4.87. The number of primary amides is 1. The van der Waals surface area contributed by atoms with Gasteiger partial charge in [-0.2, -0.15) is 0 Å². The lowest BCUT2D eigenvalue weighted by Crippen LogP contribution is -2.42. The summed E-state index contributed by atoms with van der Waals surface area (Å²) in [7, 11) is 3.11. The molecule has 4 unspecified atom stereocenters. The maximum Gasteiger partial charge on any atom is 0.356 e. The lowest BCUT2D eigenvalue weighted by atomic mass is 9.77. The summed E-state index contributed by atoms with van der Waals surface area (Å²) in [6, 6.07) is -1.02. The third kappa shape index (κ3) is 2.44. The number of allylic oxidation sites excluding steroid dienone is 2. The van der Waals surface area contributed by atoms with E-state index in [0.717, 1.165) is 0 Å². The summed E-state index contributed by atoms with van der Waals surface area (Å²) in [6.45, 7) is 0. The summed E-state index contributed by atoms with van der Waals surface area (Å²) < 4.78 is 10.6. The highest BCUT2D eigenvalue weighted by Crippen LogP contribution is 2.44. The van der Waals surface area contributed by atoms with Gasteiger partial charge in [0.1, 0.15) is 5.76 Å². The predicted molar refractivity (Wildman–Crippen MR) is 66.9 cm³/mol. The zero-order chi connectivity index (χ0) is 14.9. The number of carbonyl (C=O) groups is 2. The summed E-state index contributed by atoms with van der Waals surface area (Å²) >= 11 is 0. The van der Waals surface area contributed by atoms with Crippen molar-refractivity contribution in [2.75, 3.05) is 14.2 Å². The Morgan fingerprint density at radius 3 is 2.30 bits per heavy atom. The summed E-state index contributed by atoms with van der Waals surface area (Å²) in [5.41, 5.74) is 4.65. The molecule has 1 fully saturated rings. The average Bonchev–Trinajstić information content (AvgIpc) is 2.66. The highest BCUT2D eigenvalue weighted by atomic mass is 16.5. The van der Waals surface area contributed by atoms with Gasteiger partial charge < -0.3 is 20.3 Å². The normalized spacial score (nSPS) is 33.8. The molecule has 4 atom stereocenters. The van der Waals surface area contributed by atoms with Crippen molar-refractivity contribution in [3.05, 3.63) is 11.5 Å². The molecular formula is C12H17N3O5. The number of ether oxygens (including phenoxy) is 2. The molecule has 0 spiro atoms. The Morgan fingerprint density at radius 2 is 1.80 bits per heavy atom. The number of carbonyl (C=O) groups excluding carboxylic acids is 2. The Kier molecular flexibility index (Phi) is 4.15. The maximum absolute atomic E-state index is 12.2. The van der Waals surface area contributed by atoms with Crippen molar-refractivity contribution in [1.29, 1.82) is 0 Å². The number of methoxy groups -OCH3 is 2. The Balaban J connectivity index is 2.25. The van der Waals surface area contributed by atoms with Crippen molar-refractivity contribution in [2.45, 2.75) is 25.0 Å². The van der Waals surface area contributed by atoms with Crippen LogP contribution in [-0.2, 0) is 14.3 Å². The van der Waals surface area contributed by atoms with E-state index in [-0.39, 0.29) is 35.4 Å². The van der Waals surface area contributed by atoms with Crippen molar-refractivity contribution < 1.29 is 24.2 Å². The number of nitrogens with zero attached hydrogens (tertiary/aromatic N) is 2. The first-order chi connectivity index (χ1) is 9.49. The average molecular weight is 283 g/mol. The summed E-state index contributed by atoms with van der Waals surface area (Å²) in [4.78, 5) is 22.8.